The van der Waals surface area contributed by atoms with E-state index >= 15 is 0 Å². The lowest BCUT2D eigenvalue weighted by Crippen LogP contribution is -2.30. The largest absolute Gasteiger partial charge is 0.379 e. The van der Waals surface area contributed by atoms with Gasteiger partial charge in [0.15, 0.2) is 0 Å². The van der Waals surface area contributed by atoms with Crippen molar-refractivity contribution in [3.05, 3.63) is 33.9 Å². The van der Waals surface area contributed by atoms with E-state index in [4.69, 9.17) is 0 Å². The summed E-state index contributed by atoms with van der Waals surface area (Å²) in [5.74, 6) is -0.255. The van der Waals surface area contributed by atoms with Crippen LogP contribution >= 0.6 is 0 Å². The molecule has 21 heavy (non-hydrogen) atoms. The fourth-order valence-electron chi connectivity index (χ4n) is 2.44. The molecule has 2 rings (SSSR count). The monoisotopic (exact) mass is 291 g/mol. The molecule has 0 atom stereocenters. The third-order valence-corrected chi connectivity index (χ3v) is 4.17. The third kappa shape index (κ3) is 3.32. The molecule has 1 aromatic carbocycles. The minimum atomic E-state index is -0.469. The van der Waals surface area contributed by atoms with Crippen molar-refractivity contribution in [2.75, 3.05) is 18.4 Å². The molecular weight excluding hydrogens is 270 g/mol. The Balaban J connectivity index is 2.19. The van der Waals surface area contributed by atoms with Gasteiger partial charge in [-0.1, -0.05) is 13.0 Å². The number of nitro benzene ring substituents is 1. The van der Waals surface area contributed by atoms with E-state index < -0.39 is 4.92 Å². The SMILES string of the molecule is CCNc1c(C(=O)NCC2(CC)CC2)cccc1[N+](=O)[O-]. The molecule has 1 aromatic rings. The zero-order valence-corrected chi connectivity index (χ0v) is 12.4. The van der Waals surface area contributed by atoms with E-state index in [-0.39, 0.29) is 17.0 Å². The molecule has 6 nitrogen and oxygen atoms in total. The molecule has 1 aliphatic rings. The fraction of sp³-hybridized carbons (Fsp3) is 0.533. The molecule has 1 fully saturated rings. The first-order valence-electron chi connectivity index (χ1n) is 7.32. The average Bonchev–Trinajstić information content (AvgIpc) is 3.25. The molecule has 0 aliphatic heterocycles. The van der Waals surface area contributed by atoms with Crippen molar-refractivity contribution in [2.45, 2.75) is 33.1 Å². The quantitative estimate of drug-likeness (QED) is 0.597. The Hall–Kier alpha value is -2.11. The van der Waals surface area contributed by atoms with Crippen LogP contribution in [-0.2, 0) is 0 Å². The molecule has 2 N–H and O–H groups in total. The van der Waals surface area contributed by atoms with Crippen molar-refractivity contribution in [1.29, 1.82) is 0 Å². The Morgan fingerprint density at radius 1 is 1.38 bits per heavy atom. The molecule has 0 spiro atoms. The van der Waals surface area contributed by atoms with Gasteiger partial charge in [0.05, 0.1) is 10.5 Å². The van der Waals surface area contributed by atoms with Crippen molar-refractivity contribution in [3.63, 3.8) is 0 Å². The van der Waals surface area contributed by atoms with Crippen LogP contribution in [0.4, 0.5) is 11.4 Å². The Morgan fingerprint density at radius 3 is 2.62 bits per heavy atom. The van der Waals surface area contributed by atoms with Crippen LogP contribution < -0.4 is 10.6 Å². The van der Waals surface area contributed by atoms with Crippen LogP contribution in [0, 0.1) is 15.5 Å². The maximum Gasteiger partial charge on any atom is 0.293 e. The van der Waals surface area contributed by atoms with Crippen LogP contribution in [0.15, 0.2) is 18.2 Å². The first kappa shape index (κ1) is 15.3. The number of para-hydroxylation sites is 1. The van der Waals surface area contributed by atoms with E-state index in [0.29, 0.717) is 24.3 Å². The van der Waals surface area contributed by atoms with E-state index in [1.807, 2.05) is 6.92 Å². The van der Waals surface area contributed by atoms with Gasteiger partial charge >= 0.3 is 0 Å². The molecule has 114 valence electrons. The van der Waals surface area contributed by atoms with Crippen LogP contribution in [0.3, 0.4) is 0 Å². The number of nitrogens with one attached hydrogen (secondary N) is 2. The van der Waals surface area contributed by atoms with Gasteiger partial charge in [0.2, 0.25) is 0 Å². The predicted molar refractivity (Wildman–Crippen MR) is 81.6 cm³/mol. The lowest BCUT2D eigenvalue weighted by molar-refractivity contribution is -0.384. The molecule has 0 bridgehead atoms. The normalized spacial score (nSPS) is 15.3. The zero-order chi connectivity index (χ0) is 15.5. The Morgan fingerprint density at radius 2 is 2.10 bits per heavy atom. The van der Waals surface area contributed by atoms with Crippen LogP contribution in [0.25, 0.3) is 0 Å². The number of carbonyl (C=O) groups excluding carboxylic acids is 1. The summed E-state index contributed by atoms with van der Waals surface area (Å²) in [7, 11) is 0. The second kappa shape index (κ2) is 6.11. The predicted octanol–water partition coefficient (Wildman–Crippen LogP) is 2.95. The summed E-state index contributed by atoms with van der Waals surface area (Å²) >= 11 is 0. The maximum atomic E-state index is 12.3. The Bertz CT molecular complexity index is 553. The summed E-state index contributed by atoms with van der Waals surface area (Å²) in [5.41, 5.74) is 0.803. The number of hydrogen-bond donors (Lipinski definition) is 2. The van der Waals surface area contributed by atoms with Crippen LogP contribution in [0.1, 0.15) is 43.5 Å². The van der Waals surface area contributed by atoms with E-state index in [9.17, 15) is 14.9 Å². The van der Waals surface area contributed by atoms with E-state index in [1.54, 1.807) is 12.1 Å². The third-order valence-electron chi connectivity index (χ3n) is 4.17. The van der Waals surface area contributed by atoms with Gasteiger partial charge in [0.25, 0.3) is 11.6 Å². The lowest BCUT2D eigenvalue weighted by Gasteiger charge is -2.15. The van der Waals surface area contributed by atoms with Crippen molar-refractivity contribution >= 4 is 17.3 Å². The molecule has 0 saturated heterocycles. The number of hydrogen-bond acceptors (Lipinski definition) is 4. The van der Waals surface area contributed by atoms with Gasteiger partial charge in [-0.05, 0) is 37.7 Å². The van der Waals surface area contributed by atoms with Gasteiger partial charge in [-0.15, -0.1) is 0 Å². The standard InChI is InChI=1S/C15H21N3O3/c1-3-15(8-9-15)10-17-14(19)11-6-5-7-12(18(20)21)13(11)16-4-2/h5-7,16H,3-4,8-10H2,1-2H3,(H,17,19). The Labute approximate surface area is 124 Å². The number of anilines is 1. The molecule has 1 saturated carbocycles. The highest BCUT2D eigenvalue weighted by molar-refractivity contribution is 6.01. The van der Waals surface area contributed by atoms with Crippen LogP contribution in [0.5, 0.6) is 0 Å². The average molecular weight is 291 g/mol. The number of amides is 1. The number of rotatable bonds is 7. The molecule has 6 heteroatoms. The Kier molecular flexibility index (Phi) is 4.45. The second-order valence-electron chi connectivity index (χ2n) is 5.52. The van der Waals surface area contributed by atoms with E-state index in [0.717, 1.165) is 19.3 Å². The molecule has 0 unspecified atom stereocenters. The number of nitrogens with zero attached hydrogens (tertiary/aromatic N) is 1. The van der Waals surface area contributed by atoms with Gasteiger partial charge in [0, 0.05) is 19.2 Å². The molecule has 1 aliphatic carbocycles. The molecule has 0 radical (unpaired) electrons. The van der Waals surface area contributed by atoms with Crippen LogP contribution in [-0.4, -0.2) is 23.9 Å². The number of nitro groups is 1. The number of benzene rings is 1. The van der Waals surface area contributed by atoms with Gasteiger partial charge in [-0.2, -0.15) is 0 Å². The van der Waals surface area contributed by atoms with E-state index in [2.05, 4.69) is 17.6 Å². The highest BCUT2D eigenvalue weighted by Gasteiger charge is 2.40. The van der Waals surface area contributed by atoms with Crippen molar-refractivity contribution in [1.82, 2.24) is 5.32 Å². The second-order valence-corrected chi connectivity index (χ2v) is 5.52. The molecule has 1 amide bonds. The highest BCUT2D eigenvalue weighted by Crippen LogP contribution is 2.47. The molecule has 0 aromatic heterocycles. The summed E-state index contributed by atoms with van der Waals surface area (Å²) in [5, 5.41) is 16.9. The lowest BCUT2D eigenvalue weighted by atomic mass is 10.0. The smallest absolute Gasteiger partial charge is 0.293 e. The minimum absolute atomic E-state index is 0.0684. The van der Waals surface area contributed by atoms with Crippen molar-refractivity contribution in [3.8, 4) is 0 Å². The number of carbonyl (C=O) groups is 1. The highest BCUT2D eigenvalue weighted by atomic mass is 16.6. The van der Waals surface area contributed by atoms with Crippen molar-refractivity contribution < 1.29 is 9.72 Å². The van der Waals surface area contributed by atoms with E-state index in [1.165, 1.54) is 6.07 Å². The summed E-state index contributed by atoms with van der Waals surface area (Å²) in [6.07, 6.45) is 3.32. The summed E-state index contributed by atoms with van der Waals surface area (Å²) in [4.78, 5) is 22.9. The zero-order valence-electron chi connectivity index (χ0n) is 12.4. The van der Waals surface area contributed by atoms with Gasteiger partial charge in [-0.25, -0.2) is 0 Å². The summed E-state index contributed by atoms with van der Waals surface area (Å²) in [6, 6.07) is 4.57. The molecular formula is C15H21N3O3. The summed E-state index contributed by atoms with van der Waals surface area (Å²) in [6.45, 7) is 5.12. The fourth-order valence-corrected chi connectivity index (χ4v) is 2.44. The minimum Gasteiger partial charge on any atom is -0.379 e. The van der Waals surface area contributed by atoms with Crippen LogP contribution in [0.2, 0.25) is 0 Å². The topological polar surface area (TPSA) is 84.3 Å². The van der Waals surface area contributed by atoms with Gasteiger partial charge < -0.3 is 10.6 Å². The summed E-state index contributed by atoms with van der Waals surface area (Å²) < 4.78 is 0. The van der Waals surface area contributed by atoms with Crippen molar-refractivity contribution in [2.24, 2.45) is 5.41 Å². The first-order valence-corrected chi connectivity index (χ1v) is 7.32. The van der Waals surface area contributed by atoms with Gasteiger partial charge in [0.1, 0.15) is 5.69 Å². The maximum absolute atomic E-state index is 12.3. The molecule has 0 heterocycles. The first-order chi connectivity index (χ1) is 10.0. The van der Waals surface area contributed by atoms with Gasteiger partial charge in [-0.3, -0.25) is 14.9 Å².